The topological polar surface area (TPSA) is 38.5 Å². The van der Waals surface area contributed by atoms with Crippen LogP contribution in [0.4, 0.5) is 0 Å². The lowest BCUT2D eigenvalue weighted by atomic mass is 9.98. The van der Waals surface area contributed by atoms with Gasteiger partial charge in [0.05, 0.1) is 6.61 Å². The minimum absolute atomic E-state index is 0.459. The van der Waals surface area contributed by atoms with Gasteiger partial charge in [0.1, 0.15) is 0 Å². The summed E-state index contributed by atoms with van der Waals surface area (Å²) in [6.07, 6.45) is 7.92. The van der Waals surface area contributed by atoms with Crippen LogP contribution in [0.2, 0.25) is 0 Å². The second-order valence-corrected chi connectivity index (χ2v) is 5.87. The molecule has 16 heavy (non-hydrogen) atoms. The minimum Gasteiger partial charge on any atom is -0.380 e. The van der Waals surface area contributed by atoms with E-state index in [4.69, 9.17) is 10.5 Å². The number of fused-ring (bicyclic) bond motifs is 2. The van der Waals surface area contributed by atoms with Gasteiger partial charge in [0, 0.05) is 31.3 Å². The fourth-order valence-corrected chi connectivity index (χ4v) is 3.39. The van der Waals surface area contributed by atoms with Crippen molar-refractivity contribution in [1.82, 2.24) is 4.90 Å². The molecule has 3 nitrogen and oxygen atoms in total. The van der Waals surface area contributed by atoms with E-state index >= 15 is 0 Å². The maximum Gasteiger partial charge on any atom is 0.0593 e. The molecular formula is C13H24N2O. The van der Waals surface area contributed by atoms with Gasteiger partial charge in [-0.3, -0.25) is 4.90 Å². The summed E-state index contributed by atoms with van der Waals surface area (Å²) in [6.45, 7) is 3.07. The quantitative estimate of drug-likeness (QED) is 0.717. The summed E-state index contributed by atoms with van der Waals surface area (Å²) in [5.74, 6) is 0.895. The second-order valence-electron chi connectivity index (χ2n) is 5.87. The summed E-state index contributed by atoms with van der Waals surface area (Å²) in [6, 6.07) is 1.98. The number of rotatable bonds is 5. The van der Waals surface area contributed by atoms with Crippen LogP contribution in [0.25, 0.3) is 0 Å². The van der Waals surface area contributed by atoms with Crippen LogP contribution in [0.5, 0.6) is 0 Å². The fourth-order valence-electron chi connectivity index (χ4n) is 3.39. The first-order valence-corrected chi connectivity index (χ1v) is 6.92. The summed E-state index contributed by atoms with van der Waals surface area (Å²) < 4.78 is 5.74. The first-order valence-electron chi connectivity index (χ1n) is 6.92. The number of nitrogens with two attached hydrogens (primary N) is 1. The zero-order valence-corrected chi connectivity index (χ0v) is 10.1. The molecule has 1 aliphatic carbocycles. The van der Waals surface area contributed by atoms with Crippen molar-refractivity contribution >= 4 is 0 Å². The SMILES string of the molecule is NC1CC2CCC(C1)N2CCOCC1CC1. The van der Waals surface area contributed by atoms with Gasteiger partial charge < -0.3 is 10.5 Å². The van der Waals surface area contributed by atoms with E-state index in [1.165, 1.54) is 38.5 Å². The van der Waals surface area contributed by atoms with Gasteiger partial charge in [-0.15, -0.1) is 0 Å². The third kappa shape index (κ3) is 2.41. The van der Waals surface area contributed by atoms with Gasteiger partial charge >= 0.3 is 0 Å². The van der Waals surface area contributed by atoms with Gasteiger partial charge in [-0.25, -0.2) is 0 Å². The van der Waals surface area contributed by atoms with Crippen LogP contribution < -0.4 is 5.73 Å². The maximum absolute atomic E-state index is 6.06. The summed E-state index contributed by atoms with van der Waals surface area (Å²) >= 11 is 0. The highest BCUT2D eigenvalue weighted by Crippen LogP contribution is 2.34. The van der Waals surface area contributed by atoms with Crippen molar-refractivity contribution in [2.24, 2.45) is 11.7 Å². The van der Waals surface area contributed by atoms with E-state index in [2.05, 4.69) is 4.90 Å². The summed E-state index contributed by atoms with van der Waals surface area (Å²) in [5.41, 5.74) is 6.06. The lowest BCUT2D eigenvalue weighted by Crippen LogP contribution is -2.48. The Kier molecular flexibility index (Phi) is 3.18. The Balaban J connectivity index is 1.40. The van der Waals surface area contributed by atoms with Crippen LogP contribution in [0, 0.1) is 5.92 Å². The van der Waals surface area contributed by atoms with Crippen molar-refractivity contribution in [3.63, 3.8) is 0 Å². The Morgan fingerprint density at radius 3 is 2.38 bits per heavy atom. The van der Waals surface area contributed by atoms with Crippen LogP contribution >= 0.6 is 0 Å². The summed E-state index contributed by atoms with van der Waals surface area (Å²) in [5, 5.41) is 0. The van der Waals surface area contributed by atoms with Crippen LogP contribution in [-0.2, 0) is 4.74 Å². The summed E-state index contributed by atoms with van der Waals surface area (Å²) in [4.78, 5) is 2.66. The molecule has 0 amide bonds. The summed E-state index contributed by atoms with van der Waals surface area (Å²) in [7, 11) is 0. The standard InChI is InChI=1S/C13H24N2O/c14-11-7-12-3-4-13(8-11)15(12)5-6-16-9-10-1-2-10/h10-13H,1-9,14H2. The van der Waals surface area contributed by atoms with Crippen molar-refractivity contribution in [2.75, 3.05) is 19.8 Å². The largest absolute Gasteiger partial charge is 0.380 e. The highest BCUT2D eigenvalue weighted by molar-refractivity contribution is 4.96. The van der Waals surface area contributed by atoms with E-state index in [1.54, 1.807) is 0 Å². The fraction of sp³-hybridized carbons (Fsp3) is 1.00. The highest BCUT2D eigenvalue weighted by atomic mass is 16.5. The first-order chi connectivity index (χ1) is 7.83. The van der Waals surface area contributed by atoms with Gasteiger partial charge in [0.15, 0.2) is 0 Å². The molecule has 2 unspecified atom stereocenters. The Morgan fingerprint density at radius 1 is 1.06 bits per heavy atom. The number of piperidine rings is 1. The maximum atomic E-state index is 6.06. The lowest BCUT2D eigenvalue weighted by Gasteiger charge is -2.37. The lowest BCUT2D eigenvalue weighted by molar-refractivity contribution is 0.0590. The molecule has 2 saturated heterocycles. The molecule has 0 aromatic rings. The molecule has 3 rings (SSSR count). The monoisotopic (exact) mass is 224 g/mol. The van der Waals surface area contributed by atoms with Crippen molar-refractivity contribution in [1.29, 1.82) is 0 Å². The Morgan fingerprint density at radius 2 is 1.75 bits per heavy atom. The molecule has 3 heteroatoms. The van der Waals surface area contributed by atoms with E-state index in [9.17, 15) is 0 Å². The number of ether oxygens (including phenoxy) is 1. The van der Waals surface area contributed by atoms with E-state index in [1.807, 2.05) is 0 Å². The number of nitrogens with zero attached hydrogens (tertiary/aromatic N) is 1. The molecule has 0 radical (unpaired) electrons. The predicted molar refractivity (Wildman–Crippen MR) is 64.3 cm³/mol. The Bertz CT molecular complexity index is 228. The van der Waals surface area contributed by atoms with Crippen LogP contribution in [0.1, 0.15) is 38.5 Å². The highest BCUT2D eigenvalue weighted by Gasteiger charge is 2.39. The molecule has 92 valence electrons. The Labute approximate surface area is 98.3 Å². The molecule has 2 heterocycles. The number of hydrogen-bond acceptors (Lipinski definition) is 3. The van der Waals surface area contributed by atoms with Gasteiger partial charge in [-0.2, -0.15) is 0 Å². The van der Waals surface area contributed by atoms with Crippen molar-refractivity contribution in [2.45, 2.75) is 56.7 Å². The van der Waals surface area contributed by atoms with Crippen LogP contribution in [0.15, 0.2) is 0 Å². The number of hydrogen-bond donors (Lipinski definition) is 1. The zero-order valence-electron chi connectivity index (χ0n) is 10.1. The third-order valence-electron chi connectivity index (χ3n) is 4.47. The van der Waals surface area contributed by atoms with Gasteiger partial charge in [-0.1, -0.05) is 0 Å². The molecule has 3 aliphatic rings. The minimum atomic E-state index is 0.459. The van der Waals surface area contributed by atoms with Crippen LogP contribution in [-0.4, -0.2) is 42.8 Å². The molecular weight excluding hydrogens is 200 g/mol. The first kappa shape index (κ1) is 11.0. The molecule has 2 atom stereocenters. The molecule has 2 bridgehead atoms. The van der Waals surface area contributed by atoms with Crippen molar-refractivity contribution in [3.8, 4) is 0 Å². The van der Waals surface area contributed by atoms with Crippen molar-refractivity contribution in [3.05, 3.63) is 0 Å². The average molecular weight is 224 g/mol. The van der Waals surface area contributed by atoms with Gasteiger partial charge in [0.25, 0.3) is 0 Å². The predicted octanol–water partition coefficient (Wildman–Crippen LogP) is 1.37. The molecule has 0 spiro atoms. The van der Waals surface area contributed by atoms with Gasteiger partial charge in [-0.05, 0) is 44.4 Å². The van der Waals surface area contributed by atoms with Crippen LogP contribution in [0.3, 0.4) is 0 Å². The Hall–Kier alpha value is -0.120. The molecule has 2 aliphatic heterocycles. The smallest absolute Gasteiger partial charge is 0.0593 e. The van der Waals surface area contributed by atoms with E-state index < -0.39 is 0 Å². The van der Waals surface area contributed by atoms with Crippen molar-refractivity contribution < 1.29 is 4.74 Å². The molecule has 0 aromatic carbocycles. The normalized spacial score (nSPS) is 39.2. The second kappa shape index (κ2) is 4.63. The van der Waals surface area contributed by atoms with E-state index in [0.717, 1.165) is 37.8 Å². The average Bonchev–Trinajstić information content (AvgIpc) is 3.03. The molecule has 2 N–H and O–H groups in total. The zero-order chi connectivity index (χ0) is 11.0. The van der Waals surface area contributed by atoms with E-state index in [-0.39, 0.29) is 0 Å². The van der Waals surface area contributed by atoms with E-state index in [0.29, 0.717) is 6.04 Å². The molecule has 3 fully saturated rings. The molecule has 0 aromatic heterocycles. The van der Waals surface area contributed by atoms with Gasteiger partial charge in [0.2, 0.25) is 0 Å². The third-order valence-corrected chi connectivity index (χ3v) is 4.47. The molecule has 1 saturated carbocycles.